The van der Waals surface area contributed by atoms with Gasteiger partial charge in [-0.15, -0.1) is 0 Å². The lowest BCUT2D eigenvalue weighted by atomic mass is 10.2. The lowest BCUT2D eigenvalue weighted by Crippen LogP contribution is -2.27. The van der Waals surface area contributed by atoms with Crippen LogP contribution in [-0.2, 0) is 0 Å². The second kappa shape index (κ2) is 8.24. The fourth-order valence-corrected chi connectivity index (χ4v) is 4.17. The zero-order chi connectivity index (χ0) is 19.5. The molecular weight excluding hydrogens is 396 g/mol. The maximum absolute atomic E-state index is 12.6. The predicted molar refractivity (Wildman–Crippen MR) is 110 cm³/mol. The first-order valence-corrected chi connectivity index (χ1v) is 10.4. The summed E-state index contributed by atoms with van der Waals surface area (Å²) < 4.78 is 1.91. The highest BCUT2D eigenvalue weighted by molar-refractivity contribution is 7.99. The molecule has 0 saturated carbocycles. The number of rotatable bonds is 6. The summed E-state index contributed by atoms with van der Waals surface area (Å²) in [7, 11) is 0. The summed E-state index contributed by atoms with van der Waals surface area (Å²) in [6, 6.07) is 9.08. The van der Waals surface area contributed by atoms with Gasteiger partial charge in [-0.05, 0) is 43.2 Å². The monoisotopic (exact) mass is 414 g/mol. The highest BCUT2D eigenvalue weighted by atomic mass is 35.5. The molecule has 1 N–H and O–H groups in total. The summed E-state index contributed by atoms with van der Waals surface area (Å²) in [5.74, 6) is 0.148. The van der Waals surface area contributed by atoms with E-state index in [2.05, 4.69) is 9.97 Å². The van der Waals surface area contributed by atoms with Gasteiger partial charge in [-0.3, -0.25) is 14.2 Å². The number of ketones is 1. The van der Waals surface area contributed by atoms with Crippen LogP contribution >= 0.6 is 23.4 Å². The number of carbonyl (C=O) groups excluding carboxylic acids is 2. The van der Waals surface area contributed by atoms with Crippen LogP contribution < -0.4 is 0 Å². The van der Waals surface area contributed by atoms with E-state index in [1.54, 1.807) is 18.5 Å². The first-order chi connectivity index (χ1) is 13.6. The number of carbonyl (C=O) groups is 2. The van der Waals surface area contributed by atoms with E-state index in [4.69, 9.17) is 11.6 Å². The maximum atomic E-state index is 12.6. The molecule has 0 bridgehead atoms. The number of aromatic nitrogens is 3. The normalized spacial score (nSPS) is 13.8. The third-order valence-electron chi connectivity index (χ3n) is 4.67. The highest BCUT2D eigenvalue weighted by Gasteiger charge is 2.22. The number of halogens is 1. The van der Waals surface area contributed by atoms with E-state index in [9.17, 15) is 9.59 Å². The molecule has 3 heterocycles. The number of aromatic amines is 1. The number of amides is 1. The van der Waals surface area contributed by atoms with Crippen LogP contribution in [0.1, 0.15) is 33.7 Å². The van der Waals surface area contributed by atoms with Crippen molar-refractivity contribution >= 4 is 35.1 Å². The van der Waals surface area contributed by atoms with Crippen molar-refractivity contribution in [3.8, 4) is 5.69 Å². The van der Waals surface area contributed by atoms with E-state index in [0.29, 0.717) is 16.3 Å². The standard InChI is InChI=1S/C20H19ClN4O2S/c21-15-3-5-16(6-4-15)25-10-7-22-20(25)28-13-18(26)14-11-17(23-12-14)19(27)24-8-1-2-9-24/h3-7,10-12,23H,1-2,8-9,13H2. The van der Waals surface area contributed by atoms with Crippen LogP contribution in [0.25, 0.3) is 5.69 Å². The zero-order valence-corrected chi connectivity index (χ0v) is 16.7. The van der Waals surface area contributed by atoms with Crippen LogP contribution in [0.15, 0.2) is 54.1 Å². The molecule has 1 aliphatic heterocycles. The molecule has 0 aliphatic carbocycles. The topological polar surface area (TPSA) is 71.0 Å². The molecule has 28 heavy (non-hydrogen) atoms. The first-order valence-electron chi connectivity index (χ1n) is 9.05. The Hall–Kier alpha value is -2.51. The van der Waals surface area contributed by atoms with Gasteiger partial charge in [0.2, 0.25) is 0 Å². The number of thioether (sulfide) groups is 1. The minimum absolute atomic E-state index is 0.0394. The number of benzene rings is 1. The Kier molecular flexibility index (Phi) is 5.54. The largest absolute Gasteiger partial charge is 0.356 e. The van der Waals surface area contributed by atoms with Crippen molar-refractivity contribution in [2.24, 2.45) is 0 Å². The van der Waals surface area contributed by atoms with Crippen LogP contribution in [0.4, 0.5) is 0 Å². The molecule has 3 aromatic rings. The summed E-state index contributed by atoms with van der Waals surface area (Å²) in [5.41, 5.74) is 1.91. The average molecular weight is 415 g/mol. The Morgan fingerprint density at radius 2 is 1.93 bits per heavy atom. The molecule has 0 unspecified atom stereocenters. The van der Waals surface area contributed by atoms with Crippen molar-refractivity contribution in [1.82, 2.24) is 19.4 Å². The molecule has 0 atom stereocenters. The van der Waals surface area contributed by atoms with Crippen molar-refractivity contribution in [1.29, 1.82) is 0 Å². The van der Waals surface area contributed by atoms with Crippen LogP contribution in [0.5, 0.6) is 0 Å². The average Bonchev–Trinajstić information content (AvgIpc) is 3.48. The molecule has 1 amide bonds. The van der Waals surface area contributed by atoms with Crippen LogP contribution in [-0.4, -0.2) is 50.0 Å². The Bertz CT molecular complexity index is 990. The third-order valence-corrected chi connectivity index (χ3v) is 5.89. The summed E-state index contributed by atoms with van der Waals surface area (Å²) in [6.45, 7) is 1.56. The molecule has 1 aromatic carbocycles. The van der Waals surface area contributed by atoms with Crippen LogP contribution in [0, 0.1) is 0 Å². The molecule has 1 fully saturated rings. The number of nitrogens with zero attached hydrogens (tertiary/aromatic N) is 3. The Balaban J connectivity index is 1.41. The van der Waals surface area contributed by atoms with Gasteiger partial charge in [0, 0.05) is 48.0 Å². The van der Waals surface area contributed by atoms with Crippen LogP contribution in [0.3, 0.4) is 0 Å². The van der Waals surface area contributed by atoms with Gasteiger partial charge in [0.15, 0.2) is 10.9 Å². The number of imidazole rings is 1. The molecule has 4 rings (SSSR count). The molecule has 0 spiro atoms. The molecule has 6 nitrogen and oxygen atoms in total. The fraction of sp³-hybridized carbons (Fsp3) is 0.250. The Morgan fingerprint density at radius 3 is 2.68 bits per heavy atom. The van der Waals surface area contributed by atoms with Gasteiger partial charge in [-0.2, -0.15) is 0 Å². The van der Waals surface area contributed by atoms with Crippen molar-refractivity contribution < 1.29 is 9.59 Å². The lowest BCUT2D eigenvalue weighted by molar-refractivity contribution is 0.0787. The number of likely N-dealkylation sites (tertiary alicyclic amines) is 1. The molecule has 2 aromatic heterocycles. The van der Waals surface area contributed by atoms with Crippen LogP contribution in [0.2, 0.25) is 5.02 Å². The first kappa shape index (κ1) is 18.8. The van der Waals surface area contributed by atoms with Gasteiger partial charge in [0.05, 0.1) is 5.75 Å². The second-order valence-corrected chi connectivity index (χ2v) is 7.95. The lowest BCUT2D eigenvalue weighted by Gasteiger charge is -2.13. The molecule has 0 radical (unpaired) electrons. The smallest absolute Gasteiger partial charge is 0.270 e. The second-order valence-electron chi connectivity index (χ2n) is 6.57. The molecular formula is C20H19ClN4O2S. The number of nitrogens with one attached hydrogen (secondary N) is 1. The van der Waals surface area contributed by atoms with E-state index in [1.807, 2.05) is 39.9 Å². The summed E-state index contributed by atoms with van der Waals surface area (Å²) in [4.78, 5) is 34.1. The van der Waals surface area contributed by atoms with Gasteiger partial charge in [-0.1, -0.05) is 23.4 Å². The SMILES string of the molecule is O=C(CSc1nccn1-c1ccc(Cl)cc1)c1c[nH]c(C(=O)N2CCCC2)c1. The van der Waals surface area contributed by atoms with E-state index in [-0.39, 0.29) is 17.4 Å². The molecule has 144 valence electrons. The van der Waals surface area contributed by atoms with Gasteiger partial charge in [0.1, 0.15) is 5.69 Å². The van der Waals surface area contributed by atoms with Gasteiger partial charge in [-0.25, -0.2) is 4.98 Å². The minimum atomic E-state index is -0.0487. The van der Waals surface area contributed by atoms with Crippen molar-refractivity contribution in [3.63, 3.8) is 0 Å². The van der Waals surface area contributed by atoms with E-state index in [0.717, 1.165) is 36.8 Å². The molecule has 1 aliphatic rings. The molecule has 8 heteroatoms. The summed E-state index contributed by atoms with van der Waals surface area (Å²) in [6.07, 6.45) is 7.23. The van der Waals surface area contributed by atoms with Crippen molar-refractivity contribution in [3.05, 3.63) is 65.2 Å². The maximum Gasteiger partial charge on any atom is 0.270 e. The third kappa shape index (κ3) is 4.00. The Labute approximate surface area is 171 Å². The number of hydrogen-bond acceptors (Lipinski definition) is 4. The van der Waals surface area contributed by atoms with E-state index >= 15 is 0 Å². The highest BCUT2D eigenvalue weighted by Crippen LogP contribution is 2.23. The zero-order valence-electron chi connectivity index (χ0n) is 15.1. The number of H-pyrrole nitrogens is 1. The Morgan fingerprint density at radius 1 is 1.18 bits per heavy atom. The van der Waals surface area contributed by atoms with Gasteiger partial charge < -0.3 is 9.88 Å². The quantitative estimate of drug-likeness (QED) is 0.487. The van der Waals surface area contributed by atoms with Crippen molar-refractivity contribution in [2.75, 3.05) is 18.8 Å². The van der Waals surface area contributed by atoms with Gasteiger partial charge in [0.25, 0.3) is 5.91 Å². The summed E-state index contributed by atoms with van der Waals surface area (Å²) >= 11 is 7.30. The number of Topliss-reactive ketones (excluding diaryl/α,β-unsaturated/α-hetero) is 1. The van der Waals surface area contributed by atoms with E-state index < -0.39 is 0 Å². The van der Waals surface area contributed by atoms with E-state index in [1.165, 1.54) is 11.8 Å². The van der Waals surface area contributed by atoms with Gasteiger partial charge >= 0.3 is 0 Å². The number of hydrogen-bond donors (Lipinski definition) is 1. The van der Waals surface area contributed by atoms with Crippen molar-refractivity contribution in [2.45, 2.75) is 18.0 Å². The minimum Gasteiger partial charge on any atom is -0.356 e. The predicted octanol–water partition coefficient (Wildman–Crippen LogP) is 4.06. The molecule has 1 saturated heterocycles. The summed E-state index contributed by atoms with van der Waals surface area (Å²) in [5, 5.41) is 1.39. The fourth-order valence-electron chi connectivity index (χ4n) is 3.18.